The van der Waals surface area contributed by atoms with Crippen LogP contribution in [0.25, 0.3) is 6.08 Å². The normalized spacial score (nSPS) is 14.7. The van der Waals surface area contributed by atoms with E-state index in [1.165, 1.54) is 18.2 Å². The molecule has 2 aromatic rings. The molecule has 1 aliphatic rings. The smallest absolute Gasteiger partial charge is 0.244 e. The van der Waals surface area contributed by atoms with Crippen LogP contribution >= 0.6 is 0 Å². The number of amides is 2. The summed E-state index contributed by atoms with van der Waals surface area (Å²) >= 11 is 0. The van der Waals surface area contributed by atoms with Crippen molar-refractivity contribution in [2.45, 2.75) is 12.8 Å². The number of aromatic hydroxyl groups is 1. The molecule has 0 saturated carbocycles. The first-order valence-corrected chi connectivity index (χ1v) is 9.65. The molecule has 1 saturated heterocycles. The Morgan fingerprint density at radius 3 is 2.31 bits per heavy atom. The summed E-state index contributed by atoms with van der Waals surface area (Å²) in [5.41, 5.74) is 1.49. The molecule has 2 N–H and O–H groups in total. The number of hydrogen-bond donors (Lipinski definition) is 2. The van der Waals surface area contributed by atoms with Crippen molar-refractivity contribution in [3.05, 3.63) is 71.8 Å². The lowest BCUT2D eigenvalue weighted by Crippen LogP contribution is -2.44. The molecule has 1 fully saturated rings. The van der Waals surface area contributed by atoms with Gasteiger partial charge in [0.15, 0.2) is 5.78 Å². The molecule has 2 aromatic carbocycles. The minimum absolute atomic E-state index is 0.0384. The number of carbonyl (C=O) groups excluding carboxylic acids is 3. The number of phenolic OH excluding ortho intramolecular Hbond substituents is 1. The van der Waals surface area contributed by atoms with E-state index in [2.05, 4.69) is 5.32 Å². The van der Waals surface area contributed by atoms with Gasteiger partial charge in [0.25, 0.3) is 0 Å². The molecule has 0 radical (unpaired) electrons. The van der Waals surface area contributed by atoms with Crippen LogP contribution in [0.4, 0.5) is 0 Å². The van der Waals surface area contributed by atoms with Crippen LogP contribution in [0, 0.1) is 5.92 Å². The lowest BCUT2D eigenvalue weighted by molar-refractivity contribution is -0.133. The Kier molecular flexibility index (Phi) is 6.79. The predicted molar refractivity (Wildman–Crippen MR) is 110 cm³/mol. The van der Waals surface area contributed by atoms with Gasteiger partial charge in [-0.3, -0.25) is 14.4 Å². The van der Waals surface area contributed by atoms with E-state index >= 15 is 0 Å². The Bertz CT molecular complexity index is 883. The summed E-state index contributed by atoms with van der Waals surface area (Å²) in [4.78, 5) is 38.5. The maximum absolute atomic E-state index is 12.5. The highest BCUT2D eigenvalue weighted by Crippen LogP contribution is 2.22. The van der Waals surface area contributed by atoms with E-state index in [-0.39, 0.29) is 35.8 Å². The Balaban J connectivity index is 1.42. The van der Waals surface area contributed by atoms with E-state index in [1.807, 2.05) is 30.3 Å². The van der Waals surface area contributed by atoms with Crippen LogP contribution in [0.15, 0.2) is 60.7 Å². The minimum Gasteiger partial charge on any atom is -0.508 e. The summed E-state index contributed by atoms with van der Waals surface area (Å²) in [6, 6.07) is 15.7. The molecule has 0 bridgehead atoms. The topological polar surface area (TPSA) is 86.7 Å². The van der Waals surface area contributed by atoms with Crippen LogP contribution in [0.5, 0.6) is 5.75 Å². The molecule has 1 aliphatic heterocycles. The fourth-order valence-corrected chi connectivity index (χ4v) is 3.32. The summed E-state index contributed by atoms with van der Waals surface area (Å²) in [5.74, 6) is -0.437. The molecular formula is C23H24N2O4. The number of nitrogens with one attached hydrogen (secondary N) is 1. The summed E-state index contributed by atoms with van der Waals surface area (Å²) in [6.45, 7) is 0.917. The number of ketones is 1. The molecule has 0 atom stereocenters. The molecule has 0 spiro atoms. The molecule has 0 aliphatic carbocycles. The number of rotatable bonds is 6. The van der Waals surface area contributed by atoms with Gasteiger partial charge in [0.1, 0.15) is 5.75 Å². The van der Waals surface area contributed by atoms with Crippen molar-refractivity contribution in [2.24, 2.45) is 5.92 Å². The monoisotopic (exact) mass is 392 g/mol. The summed E-state index contributed by atoms with van der Waals surface area (Å²) in [6.07, 6.45) is 4.28. The maximum Gasteiger partial charge on any atom is 0.244 e. The molecule has 6 nitrogen and oxygen atoms in total. The first-order chi connectivity index (χ1) is 14.0. The molecule has 1 heterocycles. The van der Waals surface area contributed by atoms with E-state index in [0.29, 0.717) is 31.5 Å². The summed E-state index contributed by atoms with van der Waals surface area (Å²) in [7, 11) is 0. The largest absolute Gasteiger partial charge is 0.508 e. The quantitative estimate of drug-likeness (QED) is 0.585. The molecule has 3 rings (SSSR count). The molecule has 0 aromatic heterocycles. The van der Waals surface area contributed by atoms with Gasteiger partial charge in [0.2, 0.25) is 11.8 Å². The number of likely N-dealkylation sites (tertiary alicyclic amines) is 1. The SMILES string of the molecule is O=C(C=Cc1ccccc1)NCC(=O)N1CCC(C(=O)c2ccc(O)cc2)CC1. The Labute approximate surface area is 169 Å². The average Bonchev–Trinajstić information content (AvgIpc) is 2.77. The number of nitrogens with zero attached hydrogens (tertiary/aromatic N) is 1. The lowest BCUT2D eigenvalue weighted by atomic mass is 9.89. The molecule has 150 valence electrons. The second-order valence-corrected chi connectivity index (χ2v) is 7.03. The van der Waals surface area contributed by atoms with Gasteiger partial charge >= 0.3 is 0 Å². The van der Waals surface area contributed by atoms with Crippen molar-refractivity contribution >= 4 is 23.7 Å². The van der Waals surface area contributed by atoms with Crippen molar-refractivity contribution in [1.82, 2.24) is 10.2 Å². The second-order valence-electron chi connectivity index (χ2n) is 7.03. The zero-order valence-corrected chi connectivity index (χ0v) is 16.1. The van der Waals surface area contributed by atoms with Crippen molar-refractivity contribution < 1.29 is 19.5 Å². The van der Waals surface area contributed by atoms with E-state index in [0.717, 1.165) is 5.56 Å². The Morgan fingerprint density at radius 1 is 1.00 bits per heavy atom. The van der Waals surface area contributed by atoms with Gasteiger partial charge in [0.05, 0.1) is 6.54 Å². The van der Waals surface area contributed by atoms with Gasteiger partial charge in [0, 0.05) is 30.6 Å². The first kappa shape index (κ1) is 20.3. The van der Waals surface area contributed by atoms with Crippen molar-refractivity contribution in [3.63, 3.8) is 0 Å². The minimum atomic E-state index is -0.320. The Morgan fingerprint density at radius 2 is 1.66 bits per heavy atom. The van der Waals surface area contributed by atoms with Crippen LogP contribution in [-0.2, 0) is 9.59 Å². The summed E-state index contributed by atoms with van der Waals surface area (Å²) in [5, 5.41) is 11.9. The van der Waals surface area contributed by atoms with Crippen molar-refractivity contribution in [1.29, 1.82) is 0 Å². The number of carbonyl (C=O) groups is 3. The van der Waals surface area contributed by atoms with Crippen LogP contribution in [0.3, 0.4) is 0 Å². The Hall–Kier alpha value is -3.41. The molecule has 2 amide bonds. The van der Waals surface area contributed by atoms with Gasteiger partial charge in [-0.1, -0.05) is 30.3 Å². The van der Waals surface area contributed by atoms with Gasteiger partial charge in [-0.05, 0) is 48.7 Å². The number of phenols is 1. The zero-order chi connectivity index (χ0) is 20.6. The average molecular weight is 392 g/mol. The zero-order valence-electron chi connectivity index (χ0n) is 16.1. The van der Waals surface area contributed by atoms with Gasteiger partial charge in [-0.2, -0.15) is 0 Å². The molecular weight excluding hydrogens is 368 g/mol. The van der Waals surface area contributed by atoms with Crippen LogP contribution < -0.4 is 5.32 Å². The lowest BCUT2D eigenvalue weighted by Gasteiger charge is -2.31. The second kappa shape index (κ2) is 9.68. The van der Waals surface area contributed by atoms with Gasteiger partial charge in [-0.15, -0.1) is 0 Å². The van der Waals surface area contributed by atoms with Crippen molar-refractivity contribution in [2.75, 3.05) is 19.6 Å². The van der Waals surface area contributed by atoms with Crippen LogP contribution in [-0.4, -0.2) is 47.2 Å². The standard InChI is InChI=1S/C23H24N2O4/c26-20-9-7-18(8-10-20)23(29)19-12-14-25(15-13-19)22(28)16-24-21(27)11-6-17-4-2-1-3-5-17/h1-11,19,26H,12-16H2,(H,24,27). The van der Waals surface area contributed by atoms with E-state index in [4.69, 9.17) is 0 Å². The molecule has 0 unspecified atom stereocenters. The van der Waals surface area contributed by atoms with Gasteiger partial charge < -0.3 is 15.3 Å². The van der Waals surface area contributed by atoms with E-state index in [1.54, 1.807) is 23.1 Å². The highest BCUT2D eigenvalue weighted by molar-refractivity contribution is 5.98. The number of benzene rings is 2. The van der Waals surface area contributed by atoms with Crippen molar-refractivity contribution in [3.8, 4) is 5.75 Å². The van der Waals surface area contributed by atoms with Gasteiger partial charge in [-0.25, -0.2) is 0 Å². The molecule has 6 heteroatoms. The van der Waals surface area contributed by atoms with E-state index < -0.39 is 0 Å². The van der Waals surface area contributed by atoms with Crippen LogP contribution in [0.2, 0.25) is 0 Å². The fourth-order valence-electron chi connectivity index (χ4n) is 3.32. The third-order valence-electron chi connectivity index (χ3n) is 5.01. The fraction of sp³-hybridized carbons (Fsp3) is 0.261. The maximum atomic E-state index is 12.5. The van der Waals surface area contributed by atoms with E-state index in [9.17, 15) is 19.5 Å². The molecule has 29 heavy (non-hydrogen) atoms. The predicted octanol–water partition coefficient (Wildman–Crippen LogP) is 2.64. The number of piperidine rings is 1. The first-order valence-electron chi connectivity index (χ1n) is 9.65. The third-order valence-corrected chi connectivity index (χ3v) is 5.01. The summed E-state index contributed by atoms with van der Waals surface area (Å²) < 4.78 is 0. The number of hydrogen-bond acceptors (Lipinski definition) is 4. The highest BCUT2D eigenvalue weighted by Gasteiger charge is 2.27. The highest BCUT2D eigenvalue weighted by atomic mass is 16.3. The third kappa shape index (κ3) is 5.78. The number of Topliss-reactive ketones (excluding diaryl/α,β-unsaturated/α-hetero) is 1. The van der Waals surface area contributed by atoms with Crippen LogP contribution in [0.1, 0.15) is 28.8 Å².